The van der Waals surface area contributed by atoms with E-state index < -0.39 is 0 Å². The molecule has 0 spiro atoms. The van der Waals surface area contributed by atoms with Gasteiger partial charge in [-0.1, -0.05) is 25.3 Å². The van der Waals surface area contributed by atoms with E-state index in [1.54, 1.807) is 13.0 Å². The van der Waals surface area contributed by atoms with Crippen LogP contribution in [0.15, 0.2) is 18.2 Å². The molecule has 0 amide bonds. The van der Waals surface area contributed by atoms with E-state index in [1.807, 2.05) is 6.07 Å². The number of rotatable bonds is 5. The summed E-state index contributed by atoms with van der Waals surface area (Å²) in [6.45, 7) is 2.42. The fourth-order valence-corrected chi connectivity index (χ4v) is 3.23. The van der Waals surface area contributed by atoms with E-state index in [9.17, 15) is 9.50 Å². The van der Waals surface area contributed by atoms with Gasteiger partial charge in [0, 0.05) is 29.9 Å². The lowest BCUT2D eigenvalue weighted by Gasteiger charge is -2.37. The Labute approximate surface area is 120 Å². The van der Waals surface area contributed by atoms with Crippen molar-refractivity contribution >= 4 is 5.69 Å². The van der Waals surface area contributed by atoms with Crippen LogP contribution in [0, 0.1) is 5.82 Å². The third-order valence-corrected chi connectivity index (χ3v) is 4.15. The molecule has 0 heterocycles. The second-order valence-corrected chi connectivity index (χ2v) is 5.67. The van der Waals surface area contributed by atoms with Gasteiger partial charge in [0.2, 0.25) is 0 Å². The molecule has 1 aliphatic carbocycles. The molecule has 20 heavy (non-hydrogen) atoms. The summed E-state index contributed by atoms with van der Waals surface area (Å²) < 4.78 is 14.1. The number of nitrogens with two attached hydrogens (primary N) is 1. The highest BCUT2D eigenvalue weighted by atomic mass is 19.1. The standard InChI is InChI=1S/C16H25FN2O/c1-12(18)16-14(17)8-5-9-15(16)19(10-11-20)13-6-3-2-4-7-13/h5,8-9,12-13,20H,2-4,6-7,10-11,18H2,1H3. The van der Waals surface area contributed by atoms with E-state index in [0.29, 0.717) is 18.2 Å². The van der Waals surface area contributed by atoms with Crippen molar-refractivity contribution in [2.75, 3.05) is 18.1 Å². The van der Waals surface area contributed by atoms with Crippen molar-refractivity contribution in [2.24, 2.45) is 5.73 Å². The van der Waals surface area contributed by atoms with E-state index in [0.717, 1.165) is 18.5 Å². The summed E-state index contributed by atoms with van der Waals surface area (Å²) in [7, 11) is 0. The Bertz CT molecular complexity index is 430. The van der Waals surface area contributed by atoms with Crippen LogP contribution in [0.5, 0.6) is 0 Å². The van der Waals surface area contributed by atoms with Gasteiger partial charge in [-0.3, -0.25) is 0 Å². The van der Waals surface area contributed by atoms with Gasteiger partial charge in [-0.25, -0.2) is 4.39 Å². The second kappa shape index (κ2) is 7.04. The highest BCUT2D eigenvalue weighted by molar-refractivity contribution is 5.56. The van der Waals surface area contributed by atoms with Crippen LogP contribution in [-0.2, 0) is 0 Å². The van der Waals surface area contributed by atoms with Gasteiger partial charge in [-0.05, 0) is 31.9 Å². The van der Waals surface area contributed by atoms with Gasteiger partial charge in [0.15, 0.2) is 0 Å². The first-order chi connectivity index (χ1) is 9.65. The van der Waals surface area contributed by atoms with Crippen molar-refractivity contribution < 1.29 is 9.50 Å². The molecule has 1 unspecified atom stereocenters. The van der Waals surface area contributed by atoms with E-state index in [1.165, 1.54) is 25.3 Å². The second-order valence-electron chi connectivity index (χ2n) is 5.67. The number of hydrogen-bond acceptors (Lipinski definition) is 3. The average molecular weight is 280 g/mol. The normalized spacial score (nSPS) is 18.0. The lowest BCUT2D eigenvalue weighted by Crippen LogP contribution is -2.40. The van der Waals surface area contributed by atoms with Crippen LogP contribution in [0.2, 0.25) is 0 Å². The first-order valence-corrected chi connectivity index (χ1v) is 7.56. The van der Waals surface area contributed by atoms with Gasteiger partial charge >= 0.3 is 0 Å². The minimum Gasteiger partial charge on any atom is -0.395 e. The van der Waals surface area contributed by atoms with Gasteiger partial charge in [0.25, 0.3) is 0 Å². The Kier molecular flexibility index (Phi) is 5.38. The first-order valence-electron chi connectivity index (χ1n) is 7.56. The van der Waals surface area contributed by atoms with Crippen LogP contribution in [0.4, 0.5) is 10.1 Å². The minimum absolute atomic E-state index is 0.0748. The van der Waals surface area contributed by atoms with Crippen molar-refractivity contribution in [3.63, 3.8) is 0 Å². The summed E-state index contributed by atoms with van der Waals surface area (Å²) in [5.41, 5.74) is 7.36. The topological polar surface area (TPSA) is 49.5 Å². The van der Waals surface area contributed by atoms with Crippen LogP contribution in [0.3, 0.4) is 0 Å². The van der Waals surface area contributed by atoms with Crippen molar-refractivity contribution in [2.45, 2.75) is 51.1 Å². The number of halogens is 1. The number of aliphatic hydroxyl groups excluding tert-OH is 1. The van der Waals surface area contributed by atoms with Crippen molar-refractivity contribution in [1.29, 1.82) is 0 Å². The molecule has 0 radical (unpaired) electrons. The fourth-order valence-electron chi connectivity index (χ4n) is 3.23. The van der Waals surface area contributed by atoms with Crippen LogP contribution >= 0.6 is 0 Å². The summed E-state index contributed by atoms with van der Waals surface area (Å²) in [6.07, 6.45) is 5.89. The maximum atomic E-state index is 14.1. The number of nitrogens with zero attached hydrogens (tertiary/aromatic N) is 1. The molecule has 3 N–H and O–H groups in total. The molecule has 1 aromatic rings. The molecule has 1 aliphatic rings. The molecule has 1 saturated carbocycles. The molecule has 0 aromatic heterocycles. The summed E-state index contributed by atoms with van der Waals surface area (Å²) in [5, 5.41) is 9.36. The molecule has 4 heteroatoms. The summed E-state index contributed by atoms with van der Waals surface area (Å²) in [4.78, 5) is 2.15. The Hall–Kier alpha value is -1.13. The molecule has 2 rings (SSSR count). The number of hydrogen-bond donors (Lipinski definition) is 2. The Morgan fingerprint density at radius 3 is 2.65 bits per heavy atom. The van der Waals surface area contributed by atoms with Crippen LogP contribution in [0.25, 0.3) is 0 Å². The van der Waals surface area contributed by atoms with E-state index in [4.69, 9.17) is 5.73 Å². The number of aliphatic hydroxyl groups is 1. The first kappa shape index (κ1) is 15.3. The molecule has 1 aromatic carbocycles. The van der Waals surface area contributed by atoms with Crippen LogP contribution < -0.4 is 10.6 Å². The highest BCUT2D eigenvalue weighted by Crippen LogP contribution is 2.33. The predicted octanol–water partition coefficient (Wildman–Crippen LogP) is 2.98. The van der Waals surface area contributed by atoms with Gasteiger partial charge in [0.05, 0.1) is 6.61 Å². The Balaban J connectivity index is 2.35. The minimum atomic E-state index is -0.351. The van der Waals surface area contributed by atoms with E-state index >= 15 is 0 Å². The average Bonchev–Trinajstić information content (AvgIpc) is 2.45. The zero-order valence-corrected chi connectivity index (χ0v) is 12.2. The molecule has 0 aliphatic heterocycles. The largest absolute Gasteiger partial charge is 0.395 e. The zero-order valence-electron chi connectivity index (χ0n) is 12.2. The van der Waals surface area contributed by atoms with Crippen LogP contribution in [0.1, 0.15) is 50.6 Å². The lowest BCUT2D eigenvalue weighted by atomic mass is 9.92. The van der Waals surface area contributed by atoms with Gasteiger partial charge in [-0.15, -0.1) is 0 Å². The number of benzene rings is 1. The molecule has 112 valence electrons. The monoisotopic (exact) mass is 280 g/mol. The van der Waals surface area contributed by atoms with Gasteiger partial charge in [0.1, 0.15) is 5.82 Å². The third-order valence-electron chi connectivity index (χ3n) is 4.15. The Morgan fingerprint density at radius 2 is 2.05 bits per heavy atom. The fraction of sp³-hybridized carbons (Fsp3) is 0.625. The summed E-state index contributed by atoms with van der Waals surface area (Å²) in [5.74, 6) is -0.253. The van der Waals surface area contributed by atoms with Crippen LogP contribution in [-0.4, -0.2) is 24.3 Å². The lowest BCUT2D eigenvalue weighted by molar-refractivity contribution is 0.289. The van der Waals surface area contributed by atoms with E-state index in [-0.39, 0.29) is 18.5 Å². The zero-order chi connectivity index (χ0) is 14.5. The molecule has 1 atom stereocenters. The number of anilines is 1. The molecule has 0 bridgehead atoms. The summed E-state index contributed by atoms with van der Waals surface area (Å²) in [6, 6.07) is 5.14. The maximum absolute atomic E-state index is 14.1. The third kappa shape index (κ3) is 3.30. The quantitative estimate of drug-likeness (QED) is 0.871. The smallest absolute Gasteiger partial charge is 0.130 e. The SMILES string of the molecule is CC(N)c1c(F)cccc1N(CCO)C1CCCCC1. The molecule has 3 nitrogen and oxygen atoms in total. The van der Waals surface area contributed by atoms with Crippen molar-refractivity contribution in [3.8, 4) is 0 Å². The molecular formula is C16H25FN2O. The van der Waals surface area contributed by atoms with Crippen molar-refractivity contribution in [3.05, 3.63) is 29.6 Å². The predicted molar refractivity (Wildman–Crippen MR) is 80.3 cm³/mol. The molecule has 0 saturated heterocycles. The molecule has 1 fully saturated rings. The van der Waals surface area contributed by atoms with Gasteiger partial charge < -0.3 is 15.7 Å². The maximum Gasteiger partial charge on any atom is 0.130 e. The molecular weight excluding hydrogens is 255 g/mol. The van der Waals surface area contributed by atoms with Crippen molar-refractivity contribution in [1.82, 2.24) is 0 Å². The Morgan fingerprint density at radius 1 is 1.35 bits per heavy atom. The highest BCUT2D eigenvalue weighted by Gasteiger charge is 2.25. The van der Waals surface area contributed by atoms with E-state index in [2.05, 4.69) is 4.90 Å². The summed E-state index contributed by atoms with van der Waals surface area (Å²) >= 11 is 0. The van der Waals surface area contributed by atoms with Gasteiger partial charge in [-0.2, -0.15) is 0 Å².